The van der Waals surface area contributed by atoms with Gasteiger partial charge >= 0.3 is 0 Å². The molecule has 0 atom stereocenters. The Balaban J connectivity index is 0.000000357. The third kappa shape index (κ3) is 6.71. The summed E-state index contributed by atoms with van der Waals surface area (Å²) in [4.78, 5) is 7.80. The summed E-state index contributed by atoms with van der Waals surface area (Å²) in [5.74, 6) is 0.822. The molecule has 4 heterocycles. The van der Waals surface area contributed by atoms with Gasteiger partial charge in [0, 0.05) is 24.0 Å². The smallest absolute Gasteiger partial charge is 0.185 e. The van der Waals surface area contributed by atoms with Crippen molar-refractivity contribution in [2.24, 2.45) is 0 Å². The first kappa shape index (κ1) is 22.2. The lowest BCUT2D eigenvalue weighted by Gasteiger charge is -1.81. The molecular weight excluding hydrogens is 316 g/mol. The fourth-order valence-electron chi connectivity index (χ4n) is 1.62. The van der Waals surface area contributed by atoms with Gasteiger partial charge in [0.25, 0.3) is 0 Å². The molecule has 4 aromatic heterocycles. The summed E-state index contributed by atoms with van der Waals surface area (Å²) in [6.07, 6.45) is 8.46. The van der Waals surface area contributed by atoms with E-state index in [0.717, 1.165) is 27.6 Å². The van der Waals surface area contributed by atoms with Crippen LogP contribution in [0.5, 0.6) is 0 Å². The number of rotatable bonds is 0. The van der Waals surface area contributed by atoms with Gasteiger partial charge in [-0.1, -0.05) is 51.9 Å². The van der Waals surface area contributed by atoms with Crippen molar-refractivity contribution in [1.29, 1.82) is 0 Å². The van der Waals surface area contributed by atoms with Crippen molar-refractivity contribution in [3.8, 4) is 0 Å². The van der Waals surface area contributed by atoms with Crippen LogP contribution in [0.3, 0.4) is 0 Å². The molecule has 0 aromatic carbocycles. The lowest BCUT2D eigenvalue weighted by Crippen LogP contribution is -1.70. The summed E-state index contributed by atoms with van der Waals surface area (Å²) in [5.41, 5.74) is 1.60. The zero-order valence-corrected chi connectivity index (χ0v) is 16.1. The summed E-state index contributed by atoms with van der Waals surface area (Å²) in [5, 5.41) is 9.37. The Morgan fingerprint density at radius 1 is 0.760 bits per heavy atom. The Hall–Kier alpha value is -2.76. The van der Waals surface area contributed by atoms with Crippen LogP contribution in [0.2, 0.25) is 0 Å². The van der Waals surface area contributed by atoms with Gasteiger partial charge in [-0.25, -0.2) is 0 Å². The minimum absolute atomic E-state index is 0.734. The molecule has 25 heavy (non-hydrogen) atoms. The predicted molar refractivity (Wildman–Crippen MR) is 102 cm³/mol. The van der Waals surface area contributed by atoms with Gasteiger partial charge in [-0.2, -0.15) is 0 Å². The van der Waals surface area contributed by atoms with Crippen LogP contribution in [0.4, 0.5) is 0 Å². The number of aryl methyl sites for hydroxylation is 1. The molecule has 6 nitrogen and oxygen atoms in total. The van der Waals surface area contributed by atoms with E-state index in [1.165, 1.54) is 0 Å². The second kappa shape index (κ2) is 13.7. The molecule has 0 saturated carbocycles. The van der Waals surface area contributed by atoms with Crippen molar-refractivity contribution in [3.05, 3.63) is 48.9 Å². The Morgan fingerprint density at radius 3 is 2.04 bits per heavy atom. The largest absolute Gasteiger partial charge is 0.360 e. The molecule has 0 aliphatic heterocycles. The van der Waals surface area contributed by atoms with E-state index in [4.69, 9.17) is 9.05 Å². The van der Waals surface area contributed by atoms with Crippen LogP contribution in [0, 0.1) is 6.92 Å². The highest BCUT2D eigenvalue weighted by Gasteiger charge is 2.00. The SMILES string of the molecule is CC.CC.CC.Cc1onc2ccncc12.c1cc2cnoc2cn1. The van der Waals surface area contributed by atoms with E-state index in [1.54, 1.807) is 31.0 Å². The van der Waals surface area contributed by atoms with E-state index in [1.807, 2.05) is 60.6 Å². The number of hydrogen-bond acceptors (Lipinski definition) is 6. The number of pyridine rings is 2. The van der Waals surface area contributed by atoms with Crippen LogP contribution in [-0.4, -0.2) is 20.3 Å². The molecule has 0 amide bonds. The highest BCUT2D eigenvalue weighted by atomic mass is 16.5. The zero-order chi connectivity index (χ0) is 19.1. The molecule has 0 aliphatic carbocycles. The maximum Gasteiger partial charge on any atom is 0.185 e. The van der Waals surface area contributed by atoms with E-state index < -0.39 is 0 Å². The van der Waals surface area contributed by atoms with Gasteiger partial charge in [-0.3, -0.25) is 9.97 Å². The average molecular weight is 344 g/mol. The van der Waals surface area contributed by atoms with Crippen LogP contribution < -0.4 is 0 Å². The lowest BCUT2D eigenvalue weighted by molar-refractivity contribution is 0.405. The Labute approximate surface area is 149 Å². The molecule has 0 aliphatic rings. The normalized spacial score (nSPS) is 8.60. The second-order valence-corrected chi connectivity index (χ2v) is 3.87. The fourth-order valence-corrected chi connectivity index (χ4v) is 1.62. The summed E-state index contributed by atoms with van der Waals surface area (Å²) < 4.78 is 9.73. The van der Waals surface area contributed by atoms with Crippen molar-refractivity contribution in [2.45, 2.75) is 48.5 Å². The van der Waals surface area contributed by atoms with E-state index in [-0.39, 0.29) is 0 Å². The highest BCUT2D eigenvalue weighted by molar-refractivity contribution is 5.78. The highest BCUT2D eigenvalue weighted by Crippen LogP contribution is 2.14. The van der Waals surface area contributed by atoms with Crippen molar-refractivity contribution in [1.82, 2.24) is 20.3 Å². The first-order valence-corrected chi connectivity index (χ1v) is 8.65. The van der Waals surface area contributed by atoms with Crippen molar-refractivity contribution < 1.29 is 9.05 Å². The van der Waals surface area contributed by atoms with Crippen LogP contribution in [0.1, 0.15) is 47.3 Å². The molecule has 6 heteroatoms. The molecule has 136 valence electrons. The van der Waals surface area contributed by atoms with Crippen LogP contribution >= 0.6 is 0 Å². The first-order valence-electron chi connectivity index (χ1n) is 8.65. The molecule has 0 fully saturated rings. The van der Waals surface area contributed by atoms with Crippen molar-refractivity contribution >= 4 is 21.9 Å². The molecule has 0 bridgehead atoms. The minimum atomic E-state index is 0.734. The quantitative estimate of drug-likeness (QED) is 0.399. The summed E-state index contributed by atoms with van der Waals surface area (Å²) in [7, 11) is 0. The number of nitrogens with zero attached hydrogens (tertiary/aromatic N) is 4. The second-order valence-electron chi connectivity index (χ2n) is 3.87. The molecule has 4 aromatic rings. The van der Waals surface area contributed by atoms with Gasteiger partial charge in [0.15, 0.2) is 5.58 Å². The van der Waals surface area contributed by atoms with Gasteiger partial charge < -0.3 is 9.05 Å². The van der Waals surface area contributed by atoms with E-state index in [0.29, 0.717) is 0 Å². The van der Waals surface area contributed by atoms with Gasteiger partial charge in [-0.15, -0.1) is 0 Å². The predicted octanol–water partition coefficient (Wildman–Crippen LogP) is 5.83. The Kier molecular flexibility index (Phi) is 12.2. The Morgan fingerprint density at radius 2 is 1.40 bits per heavy atom. The maximum atomic E-state index is 4.92. The first-order chi connectivity index (χ1) is 12.3. The minimum Gasteiger partial charge on any atom is -0.360 e. The van der Waals surface area contributed by atoms with Gasteiger partial charge in [0.05, 0.1) is 17.8 Å². The van der Waals surface area contributed by atoms with Crippen LogP contribution in [0.15, 0.2) is 52.2 Å². The molecular formula is C19H28N4O2. The summed E-state index contributed by atoms with van der Waals surface area (Å²) in [6, 6.07) is 3.68. The lowest BCUT2D eigenvalue weighted by atomic mass is 10.3. The van der Waals surface area contributed by atoms with Gasteiger partial charge in [0.1, 0.15) is 11.3 Å². The molecule has 4 rings (SSSR count). The average Bonchev–Trinajstić information content (AvgIpc) is 3.34. The fraction of sp³-hybridized carbons (Fsp3) is 0.368. The summed E-state index contributed by atoms with van der Waals surface area (Å²) >= 11 is 0. The third-order valence-corrected chi connectivity index (χ3v) is 2.62. The third-order valence-electron chi connectivity index (χ3n) is 2.62. The number of aromatic nitrogens is 4. The van der Waals surface area contributed by atoms with Gasteiger partial charge in [-0.05, 0) is 19.1 Å². The van der Waals surface area contributed by atoms with E-state index >= 15 is 0 Å². The van der Waals surface area contributed by atoms with Crippen LogP contribution in [-0.2, 0) is 0 Å². The van der Waals surface area contributed by atoms with E-state index in [2.05, 4.69) is 20.3 Å². The monoisotopic (exact) mass is 344 g/mol. The standard InChI is InChI=1S/C7H6N2O.C6H4N2O.3C2H6/c1-5-6-4-8-3-2-7(6)9-10-5;1-2-7-4-6-5(1)3-8-9-6;3*1-2/h2-4H,1H3;1-4H;3*1-2H3. The van der Waals surface area contributed by atoms with Crippen molar-refractivity contribution in [3.63, 3.8) is 0 Å². The number of fused-ring (bicyclic) bond motifs is 2. The molecule has 0 unspecified atom stereocenters. The van der Waals surface area contributed by atoms with Crippen molar-refractivity contribution in [2.75, 3.05) is 0 Å². The molecule has 0 radical (unpaired) electrons. The topological polar surface area (TPSA) is 77.8 Å². The van der Waals surface area contributed by atoms with Crippen LogP contribution in [0.25, 0.3) is 21.9 Å². The Bertz CT molecular complexity index is 779. The van der Waals surface area contributed by atoms with E-state index in [9.17, 15) is 0 Å². The molecule has 0 N–H and O–H groups in total. The molecule has 0 spiro atoms. The molecule has 0 saturated heterocycles. The number of hydrogen-bond donors (Lipinski definition) is 0. The maximum absolute atomic E-state index is 4.92. The van der Waals surface area contributed by atoms with Gasteiger partial charge in [0.2, 0.25) is 0 Å². The zero-order valence-electron chi connectivity index (χ0n) is 16.1. The summed E-state index contributed by atoms with van der Waals surface area (Å²) in [6.45, 7) is 13.9.